The van der Waals surface area contributed by atoms with Gasteiger partial charge in [0, 0.05) is 36.7 Å². The Hall–Kier alpha value is -0.910. The molecule has 0 radical (unpaired) electrons. The van der Waals surface area contributed by atoms with Crippen molar-refractivity contribution >= 4 is 91.0 Å². The number of fused-ring (bicyclic) bond motifs is 1. The molecule has 2 unspecified atom stereocenters. The average molecular weight is 760 g/mol. The highest BCUT2D eigenvalue weighted by atomic mass is 127. The van der Waals surface area contributed by atoms with Crippen molar-refractivity contribution < 1.29 is 14.3 Å². The predicted molar refractivity (Wildman–Crippen MR) is 171 cm³/mol. The maximum Gasteiger partial charge on any atom is 0.407 e. The van der Waals surface area contributed by atoms with Crippen LogP contribution in [0.2, 0.25) is 0 Å². The van der Waals surface area contributed by atoms with Gasteiger partial charge in [-0.05, 0) is 95.4 Å². The summed E-state index contributed by atoms with van der Waals surface area (Å²) in [7, 11) is 1.52. The van der Waals surface area contributed by atoms with E-state index in [4.69, 9.17) is 14.9 Å². The van der Waals surface area contributed by atoms with Crippen LogP contribution >= 0.6 is 56.8 Å². The van der Waals surface area contributed by atoms with E-state index in [0.717, 1.165) is 60.8 Å². The third kappa shape index (κ3) is 10.5. The highest BCUT2D eigenvalue weighted by Crippen LogP contribution is 2.35. The fraction of sp³-hybridized carbons (Fsp3) is 0.522. The van der Waals surface area contributed by atoms with E-state index < -0.39 is 5.60 Å². The summed E-state index contributed by atoms with van der Waals surface area (Å²) in [4.78, 5) is 11.7. The minimum atomic E-state index is -0.465. The highest BCUT2D eigenvalue weighted by molar-refractivity contribution is 14.2. The smallest absolute Gasteiger partial charge is 0.407 e. The van der Waals surface area contributed by atoms with Gasteiger partial charge < -0.3 is 25.2 Å². The first kappa shape index (κ1) is 31.3. The number of rotatable bonds is 14. The van der Waals surface area contributed by atoms with Gasteiger partial charge in [-0.1, -0.05) is 19.3 Å². The van der Waals surface area contributed by atoms with Gasteiger partial charge in [0.05, 0.1) is 30.8 Å². The standard InChI is InChI=1S/C23H36I2N6O3P2/c1-23(2,3)34-22(32)28-11-9-7-5-6-8-10-27-19-12-16(17(15-30-35-24)21(26)33-4)13-20-18(19)14-29-31(20)36-25/h12-15,26-27,30,35-36H,5-11H2,1-4H3,(H,28,32)/b17-15-,26-21?. The summed E-state index contributed by atoms with van der Waals surface area (Å²) in [6, 6.07) is 4.15. The van der Waals surface area contributed by atoms with Crippen LogP contribution in [0.25, 0.3) is 16.5 Å². The first-order valence-electron chi connectivity index (χ1n) is 11.7. The van der Waals surface area contributed by atoms with E-state index in [9.17, 15) is 4.79 Å². The van der Waals surface area contributed by atoms with Gasteiger partial charge in [-0.2, -0.15) is 5.10 Å². The van der Waals surface area contributed by atoms with Crippen molar-refractivity contribution in [2.45, 2.75) is 58.5 Å². The van der Waals surface area contributed by atoms with E-state index in [1.807, 2.05) is 37.6 Å². The SMILES string of the molecule is COC(=N)/C(=C\NPI)c1cc(NCCCCCCCNC(=O)OC(C)(C)C)c2cnn(PI)c2c1. The molecule has 0 aliphatic rings. The lowest BCUT2D eigenvalue weighted by Gasteiger charge is -2.19. The predicted octanol–water partition coefficient (Wildman–Crippen LogP) is 7.21. The van der Waals surface area contributed by atoms with Gasteiger partial charge in [-0.25, -0.2) is 9.25 Å². The molecular weight excluding hydrogens is 724 g/mol. The Balaban J connectivity index is 1.92. The number of nitrogens with zero attached hydrogens (tertiary/aromatic N) is 2. The number of methoxy groups -OCH3 is 1. The summed E-state index contributed by atoms with van der Waals surface area (Å²) in [6.45, 7) is 7.07. The fourth-order valence-electron chi connectivity index (χ4n) is 3.49. The van der Waals surface area contributed by atoms with E-state index >= 15 is 0 Å². The number of ether oxygens (including phenoxy) is 2. The quantitative estimate of drug-likeness (QED) is 0.0533. The van der Waals surface area contributed by atoms with E-state index in [1.165, 1.54) is 7.11 Å². The van der Waals surface area contributed by atoms with Gasteiger partial charge in [0.15, 0.2) is 0 Å². The van der Waals surface area contributed by atoms with Gasteiger partial charge in [0.2, 0.25) is 5.90 Å². The lowest BCUT2D eigenvalue weighted by molar-refractivity contribution is 0.0527. The molecule has 2 rings (SSSR count). The zero-order valence-electron chi connectivity index (χ0n) is 21.1. The van der Waals surface area contributed by atoms with Crippen molar-refractivity contribution in [3.05, 3.63) is 30.1 Å². The third-order valence-electron chi connectivity index (χ3n) is 5.14. The van der Waals surface area contributed by atoms with Gasteiger partial charge in [0.25, 0.3) is 0 Å². The summed E-state index contributed by atoms with van der Waals surface area (Å²) >= 11 is 4.59. The number of amides is 1. The van der Waals surface area contributed by atoms with Gasteiger partial charge >= 0.3 is 6.09 Å². The summed E-state index contributed by atoms with van der Waals surface area (Å²) in [5, 5.41) is 23.5. The van der Waals surface area contributed by atoms with Crippen LogP contribution in [0, 0.1) is 5.41 Å². The van der Waals surface area contributed by atoms with Gasteiger partial charge in [-0.3, -0.25) is 5.41 Å². The zero-order valence-corrected chi connectivity index (χ0v) is 27.4. The molecule has 2 aromatic rings. The van der Waals surface area contributed by atoms with Crippen molar-refractivity contribution in [3.8, 4) is 0 Å². The summed E-state index contributed by atoms with van der Waals surface area (Å²) in [6.07, 6.45) is 9.64. The second-order valence-electron chi connectivity index (χ2n) is 9.05. The maximum absolute atomic E-state index is 11.7. The van der Waals surface area contributed by atoms with E-state index in [2.05, 4.69) is 77.0 Å². The van der Waals surface area contributed by atoms with Gasteiger partial charge in [-0.15, -0.1) is 0 Å². The second-order valence-corrected chi connectivity index (χ2v) is 13.2. The number of nitrogens with one attached hydrogen (secondary N) is 4. The Morgan fingerprint density at radius 1 is 1.17 bits per heavy atom. The number of carbonyl (C=O) groups is 1. The van der Waals surface area contributed by atoms with Crippen LogP contribution in [0.15, 0.2) is 24.5 Å². The molecule has 0 aliphatic carbocycles. The molecule has 200 valence electrons. The van der Waals surface area contributed by atoms with E-state index in [-0.39, 0.29) is 12.0 Å². The molecule has 9 nitrogen and oxygen atoms in total. The number of alkyl carbamates (subject to hydrolysis) is 1. The molecule has 0 aliphatic heterocycles. The molecule has 0 spiro atoms. The van der Waals surface area contributed by atoms with Crippen LogP contribution in [-0.4, -0.2) is 47.3 Å². The normalized spacial score (nSPS) is 12.6. The van der Waals surface area contributed by atoms with Crippen LogP contribution in [0.4, 0.5) is 10.5 Å². The molecule has 0 bridgehead atoms. The van der Waals surface area contributed by atoms with Gasteiger partial charge in [0.1, 0.15) is 5.60 Å². The minimum Gasteiger partial charge on any atom is -0.481 e. The first-order valence-corrected chi connectivity index (χ1v) is 19.9. The number of aromatic nitrogens is 2. The van der Waals surface area contributed by atoms with Crippen molar-refractivity contribution in [1.29, 1.82) is 5.41 Å². The zero-order chi connectivity index (χ0) is 26.6. The third-order valence-corrected chi connectivity index (χ3v) is 8.21. The van der Waals surface area contributed by atoms with Crippen molar-refractivity contribution in [1.82, 2.24) is 20.0 Å². The number of unbranched alkanes of at least 4 members (excludes halogenated alkanes) is 4. The molecule has 1 aromatic carbocycles. The number of benzene rings is 1. The number of carbonyl (C=O) groups excluding carboxylic acids is 1. The molecule has 1 amide bonds. The monoisotopic (exact) mass is 760 g/mol. The summed E-state index contributed by atoms with van der Waals surface area (Å²) in [5.74, 6) is 0.117. The maximum atomic E-state index is 11.7. The van der Waals surface area contributed by atoms with Crippen molar-refractivity contribution in [2.24, 2.45) is 0 Å². The second kappa shape index (κ2) is 16.1. The molecule has 0 saturated heterocycles. The average Bonchev–Trinajstić information content (AvgIpc) is 3.25. The number of halogens is 2. The van der Waals surface area contributed by atoms with Crippen LogP contribution in [0.5, 0.6) is 0 Å². The molecule has 0 fully saturated rings. The minimum absolute atomic E-state index is 0.117. The van der Waals surface area contributed by atoms with Crippen LogP contribution < -0.4 is 15.7 Å². The largest absolute Gasteiger partial charge is 0.481 e. The number of hydrogen-bond donors (Lipinski definition) is 4. The number of anilines is 1. The molecule has 36 heavy (non-hydrogen) atoms. The number of hydrogen-bond acceptors (Lipinski definition) is 7. The van der Waals surface area contributed by atoms with Crippen LogP contribution in [0.1, 0.15) is 58.4 Å². The Bertz CT molecular complexity index is 1040. The van der Waals surface area contributed by atoms with Crippen molar-refractivity contribution in [2.75, 3.05) is 25.5 Å². The fourth-order valence-corrected chi connectivity index (χ4v) is 5.69. The summed E-state index contributed by atoms with van der Waals surface area (Å²) in [5.41, 5.74) is 3.19. The lowest BCUT2D eigenvalue weighted by atomic mass is 10.0. The van der Waals surface area contributed by atoms with Crippen LogP contribution in [0.3, 0.4) is 0 Å². The highest BCUT2D eigenvalue weighted by Gasteiger charge is 2.16. The van der Waals surface area contributed by atoms with E-state index in [0.29, 0.717) is 24.9 Å². The topological polar surface area (TPSA) is 113 Å². The molecule has 2 atom stereocenters. The molecule has 4 N–H and O–H groups in total. The molecule has 13 heteroatoms. The molecule has 1 heterocycles. The Morgan fingerprint density at radius 2 is 1.86 bits per heavy atom. The molecular formula is C23H36I2N6O3P2. The lowest BCUT2D eigenvalue weighted by Crippen LogP contribution is -2.32. The summed E-state index contributed by atoms with van der Waals surface area (Å²) < 4.78 is 12.5. The Labute approximate surface area is 243 Å². The van der Waals surface area contributed by atoms with Crippen LogP contribution in [-0.2, 0) is 9.47 Å². The van der Waals surface area contributed by atoms with Crippen molar-refractivity contribution in [3.63, 3.8) is 0 Å². The Kier molecular flexibility index (Phi) is 14.0. The molecule has 0 saturated carbocycles. The van der Waals surface area contributed by atoms with E-state index in [1.54, 1.807) is 0 Å². The first-order chi connectivity index (χ1) is 17.2. The Morgan fingerprint density at radius 3 is 2.50 bits per heavy atom. The molecule has 1 aromatic heterocycles.